The molecule has 0 fully saturated rings. The summed E-state index contributed by atoms with van der Waals surface area (Å²) in [5, 5.41) is 3.07. The quantitative estimate of drug-likeness (QED) is 0.589. The normalized spacial score (nSPS) is 11.2. The van der Waals surface area contributed by atoms with Crippen molar-refractivity contribution in [1.29, 1.82) is 0 Å². The van der Waals surface area contributed by atoms with E-state index < -0.39 is 27.4 Å². The maximum atomic E-state index is 13.7. The number of rotatable bonds is 7. The molecule has 0 saturated carbocycles. The van der Waals surface area contributed by atoms with Crippen LogP contribution in [0.25, 0.3) is 0 Å². The van der Waals surface area contributed by atoms with Crippen molar-refractivity contribution >= 4 is 33.2 Å². The first kappa shape index (κ1) is 21.4. The van der Waals surface area contributed by atoms with Crippen LogP contribution in [0.5, 0.6) is 0 Å². The lowest BCUT2D eigenvalue weighted by molar-refractivity contribution is 0.581. The van der Waals surface area contributed by atoms with Gasteiger partial charge in [0.1, 0.15) is 17.5 Å². The van der Waals surface area contributed by atoms with Crippen LogP contribution in [0.4, 0.5) is 31.9 Å². The minimum absolute atomic E-state index is 0.242. The van der Waals surface area contributed by atoms with Crippen molar-refractivity contribution in [3.05, 3.63) is 71.4 Å². The molecule has 1 aromatic heterocycles. The van der Waals surface area contributed by atoms with E-state index in [-0.39, 0.29) is 11.3 Å². The molecule has 3 aromatic rings. The summed E-state index contributed by atoms with van der Waals surface area (Å²) < 4.78 is 54.0. The molecule has 0 atom stereocenters. The van der Waals surface area contributed by atoms with Gasteiger partial charge in [-0.1, -0.05) is 0 Å². The van der Waals surface area contributed by atoms with Crippen LogP contribution < -0.4 is 14.9 Å². The summed E-state index contributed by atoms with van der Waals surface area (Å²) in [5.74, 6) is -1.00. The molecule has 2 N–H and O–H groups in total. The van der Waals surface area contributed by atoms with Crippen LogP contribution >= 0.6 is 0 Å². The number of halogens is 2. The van der Waals surface area contributed by atoms with E-state index in [4.69, 9.17) is 0 Å². The molecule has 158 valence electrons. The molecule has 0 bridgehead atoms. The van der Waals surface area contributed by atoms with Crippen LogP contribution in [0.3, 0.4) is 0 Å². The molecule has 0 saturated heterocycles. The van der Waals surface area contributed by atoms with Crippen molar-refractivity contribution in [2.24, 2.45) is 0 Å². The smallest absolute Gasteiger partial charge is 0.237 e. The summed E-state index contributed by atoms with van der Waals surface area (Å²) in [6, 6.07) is 11.0. The second-order valence-corrected chi connectivity index (χ2v) is 8.61. The van der Waals surface area contributed by atoms with Crippen molar-refractivity contribution in [3.8, 4) is 0 Å². The van der Waals surface area contributed by atoms with Gasteiger partial charge in [0.15, 0.2) is 0 Å². The number of hydrogen-bond acceptors (Lipinski definition) is 6. The maximum absolute atomic E-state index is 13.7. The highest BCUT2D eigenvalue weighted by molar-refractivity contribution is 7.91. The zero-order valence-corrected chi connectivity index (χ0v) is 17.5. The van der Waals surface area contributed by atoms with Gasteiger partial charge in [0.05, 0.1) is 5.75 Å². The second-order valence-electron chi connectivity index (χ2n) is 6.88. The third-order valence-corrected chi connectivity index (χ3v) is 5.30. The van der Waals surface area contributed by atoms with E-state index in [2.05, 4.69) is 20.0 Å². The Hall–Kier alpha value is -3.27. The maximum Gasteiger partial charge on any atom is 0.237 e. The van der Waals surface area contributed by atoms with Gasteiger partial charge >= 0.3 is 0 Å². The number of sulfonamides is 1. The largest absolute Gasteiger partial charge is 0.363 e. The zero-order valence-electron chi connectivity index (χ0n) is 16.6. The molecule has 0 aliphatic carbocycles. The van der Waals surface area contributed by atoms with Crippen molar-refractivity contribution < 1.29 is 17.2 Å². The van der Waals surface area contributed by atoms with Crippen molar-refractivity contribution in [2.45, 2.75) is 12.7 Å². The van der Waals surface area contributed by atoms with Crippen LogP contribution in [-0.4, -0.2) is 32.5 Å². The molecule has 10 heteroatoms. The Bertz CT molecular complexity index is 1150. The molecule has 7 nitrogen and oxygen atoms in total. The molecule has 0 amide bonds. The second kappa shape index (κ2) is 8.62. The number of benzene rings is 2. The van der Waals surface area contributed by atoms with Crippen molar-refractivity contribution in [1.82, 2.24) is 9.97 Å². The van der Waals surface area contributed by atoms with E-state index in [0.29, 0.717) is 11.6 Å². The highest BCUT2D eigenvalue weighted by atomic mass is 32.2. The molecule has 0 unspecified atom stereocenters. The fraction of sp³-hybridized carbons (Fsp3) is 0.200. The fourth-order valence-corrected chi connectivity index (χ4v) is 3.86. The standard InChI is InChI=1S/C20H21F2N5O2S/c1-13-10-19(27(2)3)25-20(23-13)24-16-5-7-17(8-6-16)26-30(28,29)12-14-11-15(21)4-9-18(14)22/h4-11,26H,12H2,1-3H3,(H,23,24,25). The molecule has 0 aliphatic heterocycles. The molecule has 0 radical (unpaired) electrons. The molecule has 3 rings (SSSR count). The van der Waals surface area contributed by atoms with Gasteiger partial charge in [0.2, 0.25) is 16.0 Å². The van der Waals surface area contributed by atoms with E-state index in [1.165, 1.54) is 0 Å². The lowest BCUT2D eigenvalue weighted by atomic mass is 10.2. The van der Waals surface area contributed by atoms with Gasteiger partial charge in [-0.3, -0.25) is 4.72 Å². The summed E-state index contributed by atoms with van der Waals surface area (Å²) in [7, 11) is -0.172. The molecule has 2 aromatic carbocycles. The van der Waals surface area contributed by atoms with E-state index in [1.54, 1.807) is 24.3 Å². The van der Waals surface area contributed by atoms with E-state index in [9.17, 15) is 17.2 Å². The SMILES string of the molecule is Cc1cc(N(C)C)nc(Nc2ccc(NS(=O)(=O)Cc3cc(F)ccc3F)cc2)n1. The van der Waals surface area contributed by atoms with Gasteiger partial charge in [-0.05, 0) is 49.4 Å². The molecular weight excluding hydrogens is 412 g/mol. The number of hydrogen-bond donors (Lipinski definition) is 2. The van der Waals surface area contributed by atoms with Gasteiger partial charge in [-0.2, -0.15) is 4.98 Å². The Labute approximate surface area is 173 Å². The average Bonchev–Trinajstić information content (AvgIpc) is 2.65. The molecule has 0 spiro atoms. The van der Waals surface area contributed by atoms with Crippen molar-refractivity contribution in [2.75, 3.05) is 29.0 Å². The lowest BCUT2D eigenvalue weighted by Crippen LogP contribution is -2.16. The van der Waals surface area contributed by atoms with Gasteiger partial charge in [-0.25, -0.2) is 22.2 Å². The van der Waals surface area contributed by atoms with Gasteiger partial charge < -0.3 is 10.2 Å². The first-order valence-corrected chi connectivity index (χ1v) is 10.6. The Kier molecular flexibility index (Phi) is 6.16. The molecule has 30 heavy (non-hydrogen) atoms. The summed E-state index contributed by atoms with van der Waals surface area (Å²) >= 11 is 0. The summed E-state index contributed by atoms with van der Waals surface area (Å²) in [5.41, 5.74) is 1.50. The van der Waals surface area contributed by atoms with Crippen LogP contribution in [0.15, 0.2) is 48.5 Å². The minimum Gasteiger partial charge on any atom is -0.363 e. The Morgan fingerprint density at radius 1 is 0.967 bits per heavy atom. The fourth-order valence-electron chi connectivity index (χ4n) is 2.66. The van der Waals surface area contributed by atoms with Crippen LogP contribution in [0, 0.1) is 18.6 Å². The molecular formula is C20H21F2N5O2S. The third kappa shape index (κ3) is 5.63. The summed E-state index contributed by atoms with van der Waals surface area (Å²) in [6.07, 6.45) is 0. The number of anilines is 4. The van der Waals surface area contributed by atoms with Gasteiger partial charge in [0, 0.05) is 42.8 Å². The topological polar surface area (TPSA) is 87.2 Å². The lowest BCUT2D eigenvalue weighted by Gasteiger charge is -2.14. The first-order chi connectivity index (χ1) is 14.1. The Balaban J connectivity index is 1.70. The number of nitrogens with one attached hydrogen (secondary N) is 2. The first-order valence-electron chi connectivity index (χ1n) is 8.96. The average molecular weight is 433 g/mol. The van der Waals surface area contributed by atoms with Gasteiger partial charge in [0.25, 0.3) is 0 Å². The van der Waals surface area contributed by atoms with E-state index in [0.717, 1.165) is 29.7 Å². The highest BCUT2D eigenvalue weighted by Crippen LogP contribution is 2.21. The third-order valence-electron chi connectivity index (χ3n) is 4.07. The summed E-state index contributed by atoms with van der Waals surface area (Å²) in [6.45, 7) is 1.86. The summed E-state index contributed by atoms with van der Waals surface area (Å²) in [4.78, 5) is 10.6. The Morgan fingerprint density at radius 2 is 1.63 bits per heavy atom. The molecule has 1 heterocycles. The zero-order chi connectivity index (χ0) is 21.9. The van der Waals surface area contributed by atoms with Gasteiger partial charge in [-0.15, -0.1) is 0 Å². The van der Waals surface area contributed by atoms with Crippen LogP contribution in [0.1, 0.15) is 11.3 Å². The molecule has 0 aliphatic rings. The minimum atomic E-state index is -3.93. The van der Waals surface area contributed by atoms with E-state index in [1.807, 2.05) is 32.0 Å². The predicted molar refractivity (Wildman–Crippen MR) is 113 cm³/mol. The van der Waals surface area contributed by atoms with Crippen LogP contribution in [0.2, 0.25) is 0 Å². The van der Waals surface area contributed by atoms with Crippen LogP contribution in [-0.2, 0) is 15.8 Å². The number of aryl methyl sites for hydroxylation is 1. The Morgan fingerprint density at radius 3 is 2.30 bits per heavy atom. The predicted octanol–water partition coefficient (Wildman–Crippen LogP) is 3.81. The number of nitrogens with zero attached hydrogens (tertiary/aromatic N) is 3. The van der Waals surface area contributed by atoms with E-state index >= 15 is 0 Å². The monoisotopic (exact) mass is 433 g/mol. The number of aromatic nitrogens is 2. The highest BCUT2D eigenvalue weighted by Gasteiger charge is 2.16. The van der Waals surface area contributed by atoms with Crippen molar-refractivity contribution in [3.63, 3.8) is 0 Å².